The van der Waals surface area contributed by atoms with Gasteiger partial charge in [0.15, 0.2) is 18.1 Å². The minimum absolute atomic E-state index is 0.157. The summed E-state index contributed by atoms with van der Waals surface area (Å²) in [6.45, 7) is 0.864. The highest BCUT2D eigenvalue weighted by molar-refractivity contribution is 5.92. The molecule has 0 atom stereocenters. The third-order valence-corrected chi connectivity index (χ3v) is 3.67. The SMILES string of the molecule is O=C(COc1ncnc2ccccc12)Nc1ccc2c(c1)OCCO2. The lowest BCUT2D eigenvalue weighted by Gasteiger charge is -2.19. The Labute approximate surface area is 143 Å². The van der Waals surface area contributed by atoms with Crippen LogP contribution in [0, 0.1) is 0 Å². The van der Waals surface area contributed by atoms with Crippen molar-refractivity contribution in [1.29, 1.82) is 0 Å². The summed E-state index contributed by atoms with van der Waals surface area (Å²) in [4.78, 5) is 20.4. The summed E-state index contributed by atoms with van der Waals surface area (Å²) in [6, 6.07) is 12.7. The number of ether oxygens (including phenoxy) is 3. The molecule has 2 aromatic carbocycles. The van der Waals surface area contributed by atoms with Crippen LogP contribution >= 0.6 is 0 Å². The van der Waals surface area contributed by atoms with Gasteiger partial charge in [-0.1, -0.05) is 12.1 Å². The van der Waals surface area contributed by atoms with Gasteiger partial charge in [0, 0.05) is 11.8 Å². The van der Waals surface area contributed by atoms with Gasteiger partial charge < -0.3 is 19.5 Å². The summed E-state index contributed by atoms with van der Waals surface area (Å²) in [6.07, 6.45) is 1.41. The van der Waals surface area contributed by atoms with E-state index in [1.165, 1.54) is 6.33 Å². The average molecular weight is 337 g/mol. The molecule has 7 nitrogen and oxygen atoms in total. The molecule has 7 heteroatoms. The number of nitrogens with one attached hydrogen (secondary N) is 1. The number of nitrogens with zero attached hydrogens (tertiary/aromatic N) is 2. The normalized spacial score (nSPS) is 12.6. The predicted molar refractivity (Wildman–Crippen MR) is 91.1 cm³/mol. The lowest BCUT2D eigenvalue weighted by atomic mass is 10.2. The van der Waals surface area contributed by atoms with Crippen molar-refractivity contribution in [1.82, 2.24) is 9.97 Å². The number of amides is 1. The maximum absolute atomic E-state index is 12.1. The molecule has 1 amide bonds. The van der Waals surface area contributed by atoms with E-state index in [1.54, 1.807) is 18.2 Å². The van der Waals surface area contributed by atoms with E-state index in [0.29, 0.717) is 36.3 Å². The molecule has 0 radical (unpaired) electrons. The van der Waals surface area contributed by atoms with Gasteiger partial charge in [-0.2, -0.15) is 0 Å². The fraction of sp³-hybridized carbons (Fsp3) is 0.167. The van der Waals surface area contributed by atoms with E-state index < -0.39 is 0 Å². The van der Waals surface area contributed by atoms with Gasteiger partial charge in [0.25, 0.3) is 5.91 Å². The first-order valence-corrected chi connectivity index (χ1v) is 7.82. The zero-order valence-electron chi connectivity index (χ0n) is 13.3. The molecule has 1 aliphatic rings. The Morgan fingerprint density at radius 1 is 1.08 bits per heavy atom. The first kappa shape index (κ1) is 15.2. The van der Waals surface area contributed by atoms with Crippen LogP contribution in [0.15, 0.2) is 48.8 Å². The number of carbonyl (C=O) groups is 1. The molecule has 0 unspecified atom stereocenters. The fourth-order valence-corrected chi connectivity index (χ4v) is 2.55. The molecule has 0 bridgehead atoms. The number of anilines is 1. The Kier molecular flexibility index (Phi) is 4.04. The maximum atomic E-state index is 12.1. The van der Waals surface area contributed by atoms with Gasteiger partial charge in [0.2, 0.25) is 5.88 Å². The third kappa shape index (κ3) is 3.30. The third-order valence-electron chi connectivity index (χ3n) is 3.67. The number of para-hydroxylation sites is 1. The van der Waals surface area contributed by atoms with Crippen LogP contribution in [-0.2, 0) is 4.79 Å². The molecule has 126 valence electrons. The van der Waals surface area contributed by atoms with Crippen LogP contribution in [0.3, 0.4) is 0 Å². The Morgan fingerprint density at radius 3 is 2.84 bits per heavy atom. The van der Waals surface area contributed by atoms with Crippen molar-refractivity contribution in [3.05, 3.63) is 48.8 Å². The molecule has 0 aliphatic carbocycles. The van der Waals surface area contributed by atoms with Crippen molar-refractivity contribution in [2.45, 2.75) is 0 Å². The molecular formula is C18H15N3O4. The lowest BCUT2D eigenvalue weighted by Crippen LogP contribution is -2.21. The second-order valence-electron chi connectivity index (χ2n) is 5.39. The summed E-state index contributed by atoms with van der Waals surface area (Å²) >= 11 is 0. The van der Waals surface area contributed by atoms with Crippen molar-refractivity contribution < 1.29 is 19.0 Å². The summed E-state index contributed by atoms with van der Waals surface area (Å²) in [7, 11) is 0. The molecule has 0 saturated carbocycles. The molecule has 25 heavy (non-hydrogen) atoms. The van der Waals surface area contributed by atoms with Crippen molar-refractivity contribution in [3.8, 4) is 17.4 Å². The van der Waals surface area contributed by atoms with Crippen molar-refractivity contribution >= 4 is 22.5 Å². The van der Waals surface area contributed by atoms with E-state index in [9.17, 15) is 4.79 Å². The summed E-state index contributed by atoms with van der Waals surface area (Å²) in [5, 5.41) is 3.53. The average Bonchev–Trinajstić information content (AvgIpc) is 2.66. The number of benzene rings is 2. The number of aromatic nitrogens is 2. The highest BCUT2D eigenvalue weighted by Gasteiger charge is 2.13. The van der Waals surface area contributed by atoms with Gasteiger partial charge in [-0.15, -0.1) is 0 Å². The van der Waals surface area contributed by atoms with Crippen LogP contribution in [0.25, 0.3) is 10.9 Å². The van der Waals surface area contributed by atoms with Crippen LogP contribution in [0.5, 0.6) is 17.4 Å². The van der Waals surface area contributed by atoms with E-state index >= 15 is 0 Å². The summed E-state index contributed by atoms with van der Waals surface area (Å²) in [5.41, 5.74) is 1.38. The van der Waals surface area contributed by atoms with E-state index in [-0.39, 0.29) is 12.5 Å². The molecule has 1 N–H and O–H groups in total. The van der Waals surface area contributed by atoms with Crippen LogP contribution < -0.4 is 19.5 Å². The quantitative estimate of drug-likeness (QED) is 0.787. The Hall–Kier alpha value is -3.35. The second kappa shape index (κ2) is 6.64. The second-order valence-corrected chi connectivity index (χ2v) is 5.39. The van der Waals surface area contributed by atoms with Gasteiger partial charge >= 0.3 is 0 Å². The molecule has 4 rings (SSSR count). The summed E-state index contributed by atoms with van der Waals surface area (Å²) < 4.78 is 16.5. The molecular weight excluding hydrogens is 322 g/mol. The van der Waals surface area contributed by atoms with Crippen LogP contribution in [0.2, 0.25) is 0 Å². The number of carbonyl (C=O) groups excluding carboxylic acids is 1. The standard InChI is InChI=1S/C18H15N3O4/c22-17(21-12-5-6-15-16(9-12)24-8-7-23-15)10-25-18-13-3-1-2-4-14(13)19-11-20-18/h1-6,9,11H,7-8,10H2,(H,21,22). The minimum Gasteiger partial charge on any atom is -0.486 e. The van der Waals surface area contributed by atoms with Crippen LogP contribution in [0.1, 0.15) is 0 Å². The molecule has 0 saturated heterocycles. The van der Waals surface area contributed by atoms with Crippen molar-refractivity contribution in [3.63, 3.8) is 0 Å². The first-order chi connectivity index (χ1) is 12.3. The zero-order valence-corrected chi connectivity index (χ0v) is 13.3. The topological polar surface area (TPSA) is 82.6 Å². The predicted octanol–water partition coefficient (Wildman–Crippen LogP) is 2.42. The Morgan fingerprint density at radius 2 is 1.92 bits per heavy atom. The zero-order chi connectivity index (χ0) is 17.1. The van der Waals surface area contributed by atoms with E-state index in [1.807, 2.05) is 24.3 Å². The molecule has 1 aromatic heterocycles. The highest BCUT2D eigenvalue weighted by Crippen LogP contribution is 2.32. The van der Waals surface area contributed by atoms with Crippen LogP contribution in [-0.4, -0.2) is 35.7 Å². The van der Waals surface area contributed by atoms with E-state index in [2.05, 4.69) is 15.3 Å². The molecule has 3 aromatic rings. The van der Waals surface area contributed by atoms with Crippen molar-refractivity contribution in [2.75, 3.05) is 25.1 Å². The van der Waals surface area contributed by atoms with Crippen molar-refractivity contribution in [2.24, 2.45) is 0 Å². The highest BCUT2D eigenvalue weighted by atomic mass is 16.6. The number of hydrogen-bond donors (Lipinski definition) is 1. The summed E-state index contributed by atoms with van der Waals surface area (Å²) in [5.74, 6) is 1.38. The molecule has 2 heterocycles. The first-order valence-electron chi connectivity index (χ1n) is 7.82. The number of fused-ring (bicyclic) bond motifs is 2. The monoisotopic (exact) mass is 337 g/mol. The smallest absolute Gasteiger partial charge is 0.262 e. The van der Waals surface area contributed by atoms with Gasteiger partial charge in [0.1, 0.15) is 19.5 Å². The minimum atomic E-state index is -0.292. The van der Waals surface area contributed by atoms with Crippen LogP contribution in [0.4, 0.5) is 5.69 Å². The van der Waals surface area contributed by atoms with Gasteiger partial charge in [-0.05, 0) is 24.3 Å². The van der Waals surface area contributed by atoms with Gasteiger partial charge in [0.05, 0.1) is 10.9 Å². The largest absolute Gasteiger partial charge is 0.486 e. The van der Waals surface area contributed by atoms with Gasteiger partial charge in [-0.3, -0.25) is 4.79 Å². The maximum Gasteiger partial charge on any atom is 0.262 e. The van der Waals surface area contributed by atoms with E-state index in [0.717, 1.165) is 10.9 Å². The number of hydrogen-bond acceptors (Lipinski definition) is 6. The van der Waals surface area contributed by atoms with E-state index in [4.69, 9.17) is 14.2 Å². The lowest BCUT2D eigenvalue weighted by molar-refractivity contribution is -0.118. The van der Waals surface area contributed by atoms with Gasteiger partial charge in [-0.25, -0.2) is 9.97 Å². The fourth-order valence-electron chi connectivity index (χ4n) is 2.55. The molecule has 0 spiro atoms. The Bertz CT molecular complexity index is 924. The molecule has 0 fully saturated rings. The Balaban J connectivity index is 1.42. The molecule has 1 aliphatic heterocycles. The number of rotatable bonds is 4.